The third-order valence-electron chi connectivity index (χ3n) is 3.84. The number of carbonyl (C=O) groups excluding carboxylic acids is 2. The van der Waals surface area contributed by atoms with Gasteiger partial charge in [-0.05, 0) is 18.9 Å². The van der Waals surface area contributed by atoms with Crippen molar-refractivity contribution in [3.8, 4) is 0 Å². The van der Waals surface area contributed by atoms with Crippen molar-refractivity contribution in [2.75, 3.05) is 26.4 Å². The largest absolute Gasteiger partial charge is 0.353 e. The molecule has 0 aromatic rings. The van der Waals surface area contributed by atoms with Gasteiger partial charge in [-0.3, -0.25) is 9.59 Å². The van der Waals surface area contributed by atoms with Crippen molar-refractivity contribution in [1.29, 1.82) is 0 Å². The summed E-state index contributed by atoms with van der Waals surface area (Å²) in [4.78, 5) is 24.3. The van der Waals surface area contributed by atoms with E-state index in [1.54, 1.807) is 0 Å². The third-order valence-corrected chi connectivity index (χ3v) is 5.97. The molecule has 1 aliphatic rings. The van der Waals surface area contributed by atoms with Crippen molar-refractivity contribution in [1.82, 2.24) is 10.2 Å². The van der Waals surface area contributed by atoms with Gasteiger partial charge in [0.25, 0.3) is 0 Å². The predicted octanol–water partition coefficient (Wildman–Crippen LogP) is 0.104. The zero-order valence-corrected chi connectivity index (χ0v) is 12.8. The summed E-state index contributed by atoms with van der Waals surface area (Å²) in [6.07, 6.45) is 5.22. The molecule has 0 unspecified atom stereocenters. The summed E-state index contributed by atoms with van der Waals surface area (Å²) in [6.45, 7) is 3.34. The van der Waals surface area contributed by atoms with Crippen molar-refractivity contribution in [3.63, 3.8) is 0 Å². The minimum atomic E-state index is -3.22. The van der Waals surface area contributed by atoms with Crippen LogP contribution in [0.2, 0.25) is 0 Å². The molecule has 6 nitrogen and oxygen atoms in total. The molecule has 2 amide bonds. The van der Waals surface area contributed by atoms with E-state index in [0.717, 1.165) is 18.9 Å². The van der Waals surface area contributed by atoms with E-state index < -0.39 is 14.6 Å². The molecule has 0 saturated heterocycles. The van der Waals surface area contributed by atoms with Crippen molar-refractivity contribution < 1.29 is 18.0 Å². The van der Waals surface area contributed by atoms with Gasteiger partial charge in [-0.2, -0.15) is 0 Å². The van der Waals surface area contributed by atoms with E-state index in [1.165, 1.54) is 18.2 Å². The molecular formula is C13H22N2O4S. The average Bonchev–Trinajstić information content (AvgIpc) is 2.84. The van der Waals surface area contributed by atoms with E-state index in [9.17, 15) is 18.0 Å². The van der Waals surface area contributed by atoms with Gasteiger partial charge in [0.2, 0.25) is 11.8 Å². The molecule has 0 heterocycles. The van der Waals surface area contributed by atoms with Gasteiger partial charge in [-0.25, -0.2) is 8.42 Å². The first kappa shape index (κ1) is 16.7. The van der Waals surface area contributed by atoms with Gasteiger partial charge in [0.15, 0.2) is 9.84 Å². The minimum absolute atomic E-state index is 0.106. The van der Waals surface area contributed by atoms with E-state index in [-0.39, 0.29) is 24.9 Å². The molecule has 0 radical (unpaired) electrons. The zero-order valence-electron chi connectivity index (χ0n) is 12.0. The SMILES string of the molecule is C=CC(=O)N(C)CC(=O)NCC1(S(C)(=O)=O)CCCC1. The Morgan fingerprint density at radius 1 is 1.35 bits per heavy atom. The molecule has 1 rings (SSSR count). The van der Waals surface area contributed by atoms with E-state index in [1.807, 2.05) is 0 Å². The summed E-state index contributed by atoms with van der Waals surface area (Å²) in [6, 6.07) is 0. The Morgan fingerprint density at radius 2 is 1.90 bits per heavy atom. The molecule has 0 atom stereocenters. The monoisotopic (exact) mass is 302 g/mol. The van der Waals surface area contributed by atoms with Crippen molar-refractivity contribution in [3.05, 3.63) is 12.7 Å². The lowest BCUT2D eigenvalue weighted by Gasteiger charge is -2.27. The van der Waals surface area contributed by atoms with E-state index in [4.69, 9.17) is 0 Å². The maximum atomic E-state index is 11.9. The predicted molar refractivity (Wildman–Crippen MR) is 76.9 cm³/mol. The fourth-order valence-electron chi connectivity index (χ4n) is 2.46. The summed E-state index contributed by atoms with van der Waals surface area (Å²) < 4.78 is 23.0. The van der Waals surface area contributed by atoms with Crippen LogP contribution in [0.15, 0.2) is 12.7 Å². The number of nitrogens with zero attached hydrogens (tertiary/aromatic N) is 1. The fraction of sp³-hybridized carbons (Fsp3) is 0.692. The number of nitrogens with one attached hydrogen (secondary N) is 1. The number of rotatable bonds is 6. The second-order valence-electron chi connectivity index (χ2n) is 5.34. The molecule has 20 heavy (non-hydrogen) atoms. The summed E-state index contributed by atoms with van der Waals surface area (Å²) >= 11 is 0. The summed E-state index contributed by atoms with van der Waals surface area (Å²) in [7, 11) is -1.73. The molecule has 0 spiro atoms. The molecule has 0 aromatic carbocycles. The molecular weight excluding hydrogens is 280 g/mol. The molecule has 1 N–H and O–H groups in total. The van der Waals surface area contributed by atoms with Crippen LogP contribution in [0.3, 0.4) is 0 Å². The molecule has 1 aliphatic carbocycles. The highest BCUT2D eigenvalue weighted by Gasteiger charge is 2.43. The Hall–Kier alpha value is -1.37. The van der Waals surface area contributed by atoms with Crippen LogP contribution < -0.4 is 5.32 Å². The maximum Gasteiger partial charge on any atom is 0.246 e. The molecule has 7 heteroatoms. The second kappa shape index (κ2) is 6.39. The van der Waals surface area contributed by atoms with Crippen LogP contribution in [0, 0.1) is 0 Å². The van der Waals surface area contributed by atoms with Crippen LogP contribution in [-0.4, -0.2) is 56.3 Å². The summed E-state index contributed by atoms with van der Waals surface area (Å²) in [5.74, 6) is -0.712. The van der Waals surface area contributed by atoms with E-state index in [2.05, 4.69) is 11.9 Å². The summed E-state index contributed by atoms with van der Waals surface area (Å²) in [5.41, 5.74) is 0. The van der Waals surface area contributed by atoms with Gasteiger partial charge in [0, 0.05) is 19.8 Å². The van der Waals surface area contributed by atoms with E-state index >= 15 is 0 Å². The molecule has 1 fully saturated rings. The number of likely N-dealkylation sites (N-methyl/N-ethyl adjacent to an activating group) is 1. The molecule has 0 aliphatic heterocycles. The Kier molecular flexibility index (Phi) is 5.33. The quantitative estimate of drug-likeness (QED) is 0.706. The Bertz CT molecular complexity index is 493. The van der Waals surface area contributed by atoms with Gasteiger partial charge in [-0.1, -0.05) is 19.4 Å². The number of carbonyl (C=O) groups is 2. The Balaban J connectivity index is 2.59. The molecule has 114 valence electrons. The van der Waals surface area contributed by atoms with Crippen LogP contribution in [-0.2, 0) is 19.4 Å². The Labute approximate surface area is 120 Å². The van der Waals surface area contributed by atoms with Crippen molar-refractivity contribution in [2.45, 2.75) is 30.4 Å². The first-order valence-corrected chi connectivity index (χ1v) is 8.45. The Morgan fingerprint density at radius 3 is 2.35 bits per heavy atom. The molecule has 1 saturated carbocycles. The third kappa shape index (κ3) is 3.82. The smallest absolute Gasteiger partial charge is 0.246 e. The highest BCUT2D eigenvalue weighted by atomic mass is 32.2. The van der Waals surface area contributed by atoms with Crippen LogP contribution >= 0.6 is 0 Å². The van der Waals surface area contributed by atoms with Crippen molar-refractivity contribution >= 4 is 21.7 Å². The minimum Gasteiger partial charge on any atom is -0.353 e. The first-order chi connectivity index (χ1) is 9.22. The lowest BCUT2D eigenvalue weighted by Crippen LogP contribution is -2.48. The van der Waals surface area contributed by atoms with Crippen LogP contribution in [0.4, 0.5) is 0 Å². The number of hydrogen-bond donors (Lipinski definition) is 1. The van der Waals surface area contributed by atoms with Gasteiger partial charge in [-0.15, -0.1) is 0 Å². The summed E-state index contributed by atoms with van der Waals surface area (Å²) in [5, 5.41) is 2.64. The van der Waals surface area contributed by atoms with Crippen molar-refractivity contribution in [2.24, 2.45) is 0 Å². The fourth-order valence-corrected chi connectivity index (χ4v) is 3.83. The topological polar surface area (TPSA) is 83.6 Å². The average molecular weight is 302 g/mol. The zero-order chi connectivity index (χ0) is 15.4. The highest BCUT2D eigenvalue weighted by Crippen LogP contribution is 2.35. The van der Waals surface area contributed by atoms with Crippen LogP contribution in [0.25, 0.3) is 0 Å². The maximum absolute atomic E-state index is 11.9. The highest BCUT2D eigenvalue weighted by molar-refractivity contribution is 7.92. The number of hydrogen-bond acceptors (Lipinski definition) is 4. The lowest BCUT2D eigenvalue weighted by molar-refractivity contribution is -0.131. The van der Waals surface area contributed by atoms with Crippen LogP contribution in [0.5, 0.6) is 0 Å². The normalized spacial score (nSPS) is 17.5. The van der Waals surface area contributed by atoms with Gasteiger partial charge < -0.3 is 10.2 Å². The van der Waals surface area contributed by atoms with E-state index in [0.29, 0.717) is 12.8 Å². The number of amides is 2. The van der Waals surface area contributed by atoms with Gasteiger partial charge >= 0.3 is 0 Å². The van der Waals surface area contributed by atoms with Gasteiger partial charge in [0.1, 0.15) is 0 Å². The lowest BCUT2D eigenvalue weighted by atomic mass is 10.1. The molecule has 0 aromatic heterocycles. The molecule has 0 bridgehead atoms. The second-order valence-corrected chi connectivity index (χ2v) is 7.75. The standard InChI is InChI=1S/C13H22N2O4S/c1-4-12(17)15(2)9-11(16)14-10-13(20(3,18)19)7-5-6-8-13/h4H,1,5-10H2,2-3H3,(H,14,16). The first-order valence-electron chi connectivity index (χ1n) is 6.56. The number of sulfone groups is 1. The van der Waals surface area contributed by atoms with Crippen LogP contribution in [0.1, 0.15) is 25.7 Å². The van der Waals surface area contributed by atoms with Gasteiger partial charge in [0.05, 0.1) is 11.3 Å².